The minimum Gasteiger partial charge on any atom is -0.491 e. The largest absolute Gasteiger partial charge is 0.491 e. The van der Waals surface area contributed by atoms with Gasteiger partial charge in [0.2, 0.25) is 0 Å². The van der Waals surface area contributed by atoms with Crippen LogP contribution in [0.5, 0.6) is 5.75 Å². The zero-order valence-corrected chi connectivity index (χ0v) is 14.3. The van der Waals surface area contributed by atoms with Crippen molar-refractivity contribution in [3.63, 3.8) is 0 Å². The lowest BCUT2D eigenvalue weighted by molar-refractivity contribution is -0.139. The Morgan fingerprint density at radius 1 is 1.44 bits per heavy atom. The van der Waals surface area contributed by atoms with Gasteiger partial charge in [0.1, 0.15) is 24.5 Å². The van der Waals surface area contributed by atoms with Gasteiger partial charge >= 0.3 is 5.97 Å². The number of benzene rings is 1. The van der Waals surface area contributed by atoms with E-state index in [1.807, 2.05) is 38.2 Å². The molecule has 1 heterocycles. The van der Waals surface area contributed by atoms with Crippen molar-refractivity contribution in [2.75, 3.05) is 13.2 Å². The Bertz CT molecular complexity index is 718. The van der Waals surface area contributed by atoms with Crippen molar-refractivity contribution < 1.29 is 24.9 Å². The molecule has 7 nitrogen and oxygen atoms in total. The highest BCUT2D eigenvalue weighted by molar-refractivity contribution is 5.85. The Labute approximate surface area is 146 Å². The van der Waals surface area contributed by atoms with E-state index >= 15 is 0 Å². The molecule has 7 heteroatoms. The van der Waals surface area contributed by atoms with Crippen LogP contribution in [0.25, 0.3) is 10.9 Å². The summed E-state index contributed by atoms with van der Waals surface area (Å²) in [4.78, 5) is 14.5. The number of hydrogen-bond acceptors (Lipinski definition) is 5. The van der Waals surface area contributed by atoms with Crippen LogP contribution in [-0.4, -0.2) is 51.6 Å². The molecule has 136 valence electrons. The molecule has 1 aromatic carbocycles. The summed E-state index contributed by atoms with van der Waals surface area (Å²) in [5.74, 6) is -0.207. The van der Waals surface area contributed by atoms with E-state index in [9.17, 15) is 9.90 Å². The fraction of sp³-hybridized carbons (Fsp3) is 0.389. The predicted molar refractivity (Wildman–Crippen MR) is 95.0 cm³/mol. The van der Waals surface area contributed by atoms with Crippen molar-refractivity contribution in [3.05, 3.63) is 30.0 Å². The standard InChI is InChI=1S/C16H22N2O4.C2H2O/c1-10(2)18-15(16(20)21)7-11-9-17-14-4-3-12(8-13(11)14)22-6-5-19;1-2-3/h3-4,8-10,15,17-19H,5-7H2,1-2H3,(H,20,21);1,3H/t15-;/m0./s1. The van der Waals surface area contributed by atoms with Crippen molar-refractivity contribution in [1.29, 1.82) is 0 Å². The van der Waals surface area contributed by atoms with Crippen molar-refractivity contribution in [3.8, 4) is 18.3 Å². The van der Waals surface area contributed by atoms with E-state index in [1.165, 1.54) is 6.11 Å². The van der Waals surface area contributed by atoms with Crippen LogP contribution in [0.15, 0.2) is 24.4 Å². The zero-order valence-electron chi connectivity index (χ0n) is 14.3. The molecular formula is C18H24N2O5. The highest BCUT2D eigenvalue weighted by atomic mass is 16.5. The fourth-order valence-electron chi connectivity index (χ4n) is 2.42. The van der Waals surface area contributed by atoms with E-state index in [-0.39, 0.29) is 19.3 Å². The van der Waals surface area contributed by atoms with Gasteiger partial charge in [-0.15, -0.1) is 0 Å². The van der Waals surface area contributed by atoms with E-state index < -0.39 is 12.0 Å². The Hall–Kier alpha value is -2.69. The normalized spacial score (nSPS) is 11.5. The molecule has 2 aromatic rings. The topological polar surface area (TPSA) is 115 Å². The second-order valence-corrected chi connectivity index (χ2v) is 5.64. The van der Waals surface area contributed by atoms with Gasteiger partial charge in [0.25, 0.3) is 0 Å². The first-order valence-electron chi connectivity index (χ1n) is 7.85. The van der Waals surface area contributed by atoms with Gasteiger partial charge < -0.3 is 30.4 Å². The highest BCUT2D eigenvalue weighted by Crippen LogP contribution is 2.24. The molecule has 2 rings (SSSR count). The number of carbonyl (C=O) groups is 1. The third kappa shape index (κ3) is 6.37. The number of aliphatic hydroxyl groups is 2. The van der Waals surface area contributed by atoms with Crippen LogP contribution in [0.4, 0.5) is 0 Å². The van der Waals surface area contributed by atoms with Gasteiger partial charge in [0, 0.05) is 29.6 Å². The molecule has 1 aromatic heterocycles. The first kappa shape index (κ1) is 20.4. The maximum atomic E-state index is 11.4. The number of carboxylic acid groups (broad SMARTS) is 1. The number of fused-ring (bicyclic) bond motifs is 1. The number of aromatic nitrogens is 1. The third-order valence-electron chi connectivity index (χ3n) is 3.36. The molecule has 0 saturated heterocycles. The third-order valence-corrected chi connectivity index (χ3v) is 3.36. The SMILES string of the molecule is C#CO.CC(C)N[C@@H](Cc1c[nH]c2ccc(OCCO)cc12)C(=O)O. The predicted octanol–water partition coefficient (Wildman–Crippen LogP) is 1.48. The molecule has 0 saturated carbocycles. The summed E-state index contributed by atoms with van der Waals surface area (Å²) in [6, 6.07) is 5.03. The summed E-state index contributed by atoms with van der Waals surface area (Å²) in [6.45, 7) is 4.04. The number of ether oxygens (including phenoxy) is 1. The number of rotatable bonds is 8. The first-order chi connectivity index (χ1) is 11.9. The summed E-state index contributed by atoms with van der Waals surface area (Å²) in [5, 5.41) is 29.2. The Morgan fingerprint density at radius 3 is 2.68 bits per heavy atom. The number of nitrogens with one attached hydrogen (secondary N) is 2. The van der Waals surface area contributed by atoms with Crippen molar-refractivity contribution in [1.82, 2.24) is 10.3 Å². The molecule has 0 unspecified atom stereocenters. The number of hydrogen-bond donors (Lipinski definition) is 5. The molecule has 0 fully saturated rings. The van der Waals surface area contributed by atoms with Gasteiger partial charge in [-0.25, -0.2) is 0 Å². The second-order valence-electron chi connectivity index (χ2n) is 5.64. The van der Waals surface area contributed by atoms with Crippen molar-refractivity contribution in [2.24, 2.45) is 0 Å². The van der Waals surface area contributed by atoms with Crippen molar-refractivity contribution >= 4 is 16.9 Å². The van der Waals surface area contributed by atoms with Crippen LogP contribution < -0.4 is 10.1 Å². The van der Waals surface area contributed by atoms with Crippen molar-refractivity contribution in [2.45, 2.75) is 32.4 Å². The van der Waals surface area contributed by atoms with Crippen LogP contribution >= 0.6 is 0 Å². The molecule has 0 radical (unpaired) electrons. The summed E-state index contributed by atoms with van der Waals surface area (Å²) in [7, 11) is 0. The molecule has 25 heavy (non-hydrogen) atoms. The van der Waals surface area contributed by atoms with Crippen LogP contribution in [0.3, 0.4) is 0 Å². The monoisotopic (exact) mass is 348 g/mol. The molecule has 0 amide bonds. The molecule has 1 atom stereocenters. The quantitative estimate of drug-likeness (QED) is 0.462. The number of carboxylic acids is 1. The molecule has 0 bridgehead atoms. The number of aliphatic hydroxyl groups excluding tert-OH is 2. The van der Waals surface area contributed by atoms with Crippen LogP contribution in [-0.2, 0) is 11.2 Å². The zero-order chi connectivity index (χ0) is 18.8. The summed E-state index contributed by atoms with van der Waals surface area (Å²) in [5.41, 5.74) is 1.85. The minimum absolute atomic E-state index is 0.0442. The van der Waals surface area contributed by atoms with Crippen LogP contribution in [0.2, 0.25) is 0 Å². The Morgan fingerprint density at radius 2 is 2.12 bits per heavy atom. The number of aliphatic carboxylic acids is 1. The first-order valence-corrected chi connectivity index (χ1v) is 7.85. The van der Waals surface area contributed by atoms with E-state index in [0.29, 0.717) is 12.2 Å². The van der Waals surface area contributed by atoms with Gasteiger partial charge in [-0.3, -0.25) is 4.79 Å². The lowest BCUT2D eigenvalue weighted by atomic mass is 10.0. The maximum Gasteiger partial charge on any atom is 0.321 e. The van der Waals surface area contributed by atoms with Gasteiger partial charge in [-0.05, 0) is 23.8 Å². The van der Waals surface area contributed by atoms with E-state index in [1.54, 1.807) is 0 Å². The number of aromatic amines is 1. The minimum atomic E-state index is -0.865. The second kappa shape index (κ2) is 10.2. The van der Waals surface area contributed by atoms with Gasteiger partial charge in [-0.1, -0.05) is 20.3 Å². The Balaban J connectivity index is 0.000000970. The van der Waals surface area contributed by atoms with Gasteiger partial charge in [-0.2, -0.15) is 0 Å². The number of terminal acetylenes is 1. The molecular weight excluding hydrogens is 324 g/mol. The van der Waals surface area contributed by atoms with Gasteiger partial charge in [0.05, 0.1) is 6.61 Å². The average molecular weight is 348 g/mol. The van der Waals surface area contributed by atoms with Crippen LogP contribution in [0, 0.1) is 12.5 Å². The molecule has 5 N–H and O–H groups in total. The molecule has 0 spiro atoms. The smallest absolute Gasteiger partial charge is 0.321 e. The highest BCUT2D eigenvalue weighted by Gasteiger charge is 2.20. The lowest BCUT2D eigenvalue weighted by Crippen LogP contribution is -2.42. The molecule has 0 aliphatic rings. The average Bonchev–Trinajstić information content (AvgIpc) is 2.95. The summed E-state index contributed by atoms with van der Waals surface area (Å²) < 4.78 is 5.41. The lowest BCUT2D eigenvalue weighted by Gasteiger charge is -2.17. The van der Waals surface area contributed by atoms with E-state index in [4.69, 9.17) is 14.9 Å². The molecule has 0 aliphatic carbocycles. The molecule has 0 aliphatic heterocycles. The fourth-order valence-corrected chi connectivity index (χ4v) is 2.42. The van der Waals surface area contributed by atoms with Gasteiger partial charge in [0.15, 0.2) is 0 Å². The summed E-state index contributed by atoms with van der Waals surface area (Å²) in [6.07, 6.45) is 7.62. The Kier molecular flexibility index (Phi) is 8.33. The summed E-state index contributed by atoms with van der Waals surface area (Å²) >= 11 is 0. The van der Waals surface area contributed by atoms with E-state index in [2.05, 4.69) is 16.7 Å². The number of H-pyrrole nitrogens is 1. The maximum absolute atomic E-state index is 11.4. The van der Waals surface area contributed by atoms with E-state index in [0.717, 1.165) is 16.5 Å². The van der Waals surface area contributed by atoms with Crippen LogP contribution in [0.1, 0.15) is 19.4 Å².